The van der Waals surface area contributed by atoms with Crippen molar-refractivity contribution in [1.29, 1.82) is 0 Å². The fraction of sp³-hybridized carbons (Fsp3) is 0.0714. The Hall–Kier alpha value is -1.78. The number of halogens is 1. The average molecular weight is 291 g/mol. The number of anilines is 1. The quantitative estimate of drug-likeness (QED) is 0.738. The predicted octanol–water partition coefficient (Wildman–Crippen LogP) is 4.11. The summed E-state index contributed by atoms with van der Waals surface area (Å²) in [7, 11) is 0. The Bertz CT molecular complexity index is 693. The number of nitrogens with two attached hydrogens (primary N) is 1. The molecule has 0 radical (unpaired) electrons. The first kappa shape index (κ1) is 12.3. The van der Waals surface area contributed by atoms with E-state index in [0.717, 1.165) is 15.2 Å². The van der Waals surface area contributed by atoms with Gasteiger partial charge in [-0.3, -0.25) is 0 Å². The molecule has 19 heavy (non-hydrogen) atoms. The fourth-order valence-electron chi connectivity index (χ4n) is 1.75. The summed E-state index contributed by atoms with van der Waals surface area (Å²) in [5.74, 6) is 0.584. The molecule has 2 aromatic carbocycles. The van der Waals surface area contributed by atoms with Crippen molar-refractivity contribution in [2.24, 2.45) is 0 Å². The van der Waals surface area contributed by atoms with E-state index in [1.807, 2.05) is 24.3 Å². The van der Waals surface area contributed by atoms with Gasteiger partial charge in [-0.15, -0.1) is 11.3 Å². The highest BCUT2D eigenvalue weighted by molar-refractivity contribution is 7.18. The summed E-state index contributed by atoms with van der Waals surface area (Å²) < 4.78 is 6.82. The molecule has 1 aromatic heterocycles. The Balaban J connectivity index is 1.80. The second kappa shape index (κ2) is 5.07. The van der Waals surface area contributed by atoms with E-state index in [2.05, 4.69) is 4.98 Å². The molecule has 0 amide bonds. The first-order valence-electron chi connectivity index (χ1n) is 5.74. The van der Waals surface area contributed by atoms with Gasteiger partial charge >= 0.3 is 0 Å². The number of nitrogens with zero attached hydrogens (tertiary/aromatic N) is 1. The second-order valence-corrected chi connectivity index (χ2v) is 5.58. The molecule has 0 aliphatic heterocycles. The van der Waals surface area contributed by atoms with Gasteiger partial charge in [0, 0.05) is 11.8 Å². The summed E-state index contributed by atoms with van der Waals surface area (Å²) in [5, 5.41) is 1.47. The molecule has 0 aliphatic rings. The summed E-state index contributed by atoms with van der Waals surface area (Å²) in [6, 6.07) is 13.2. The van der Waals surface area contributed by atoms with E-state index in [0.29, 0.717) is 23.1 Å². The number of nitrogen functional groups attached to an aromatic ring is 1. The minimum atomic E-state index is 0.391. The molecule has 0 fully saturated rings. The molecule has 3 aromatic rings. The number of thiazole rings is 1. The number of fused-ring (bicyclic) bond motifs is 1. The van der Waals surface area contributed by atoms with Gasteiger partial charge in [0.05, 0.1) is 15.2 Å². The first-order chi connectivity index (χ1) is 9.22. The van der Waals surface area contributed by atoms with Gasteiger partial charge in [0.25, 0.3) is 0 Å². The lowest BCUT2D eigenvalue weighted by Crippen LogP contribution is -1.96. The highest BCUT2D eigenvalue weighted by Crippen LogP contribution is 2.28. The maximum Gasteiger partial charge on any atom is 0.140 e. The van der Waals surface area contributed by atoms with Crippen molar-refractivity contribution in [3.63, 3.8) is 0 Å². The van der Waals surface area contributed by atoms with Gasteiger partial charge in [0.15, 0.2) is 0 Å². The number of hydrogen-bond acceptors (Lipinski definition) is 4. The molecule has 3 nitrogen and oxygen atoms in total. The lowest BCUT2D eigenvalue weighted by Gasteiger charge is -2.06. The lowest BCUT2D eigenvalue weighted by molar-refractivity contribution is 0.306. The van der Waals surface area contributed by atoms with Crippen LogP contribution in [0.4, 0.5) is 5.69 Å². The predicted molar refractivity (Wildman–Crippen MR) is 79.8 cm³/mol. The van der Waals surface area contributed by atoms with Crippen molar-refractivity contribution in [3.05, 3.63) is 52.5 Å². The van der Waals surface area contributed by atoms with Crippen molar-refractivity contribution in [3.8, 4) is 5.75 Å². The SMILES string of the molecule is Nc1ccc(Cl)c(OCc2nc3ccccc3s2)c1. The van der Waals surface area contributed by atoms with Crippen LogP contribution in [0.25, 0.3) is 10.2 Å². The van der Waals surface area contributed by atoms with E-state index >= 15 is 0 Å². The van der Waals surface area contributed by atoms with Crippen LogP contribution in [-0.4, -0.2) is 4.98 Å². The summed E-state index contributed by atoms with van der Waals surface area (Å²) in [6.07, 6.45) is 0. The highest BCUT2D eigenvalue weighted by atomic mass is 35.5. The minimum absolute atomic E-state index is 0.391. The Morgan fingerprint density at radius 1 is 1.21 bits per heavy atom. The smallest absolute Gasteiger partial charge is 0.140 e. The number of rotatable bonds is 3. The molecule has 0 spiro atoms. The molecule has 0 aliphatic carbocycles. The maximum atomic E-state index is 6.04. The Kier molecular flexibility index (Phi) is 3.27. The number of aromatic nitrogens is 1. The lowest BCUT2D eigenvalue weighted by atomic mass is 10.3. The monoisotopic (exact) mass is 290 g/mol. The van der Waals surface area contributed by atoms with Crippen molar-refractivity contribution >= 4 is 38.8 Å². The first-order valence-corrected chi connectivity index (χ1v) is 6.94. The van der Waals surface area contributed by atoms with Crippen molar-refractivity contribution in [1.82, 2.24) is 4.98 Å². The van der Waals surface area contributed by atoms with Crippen molar-refractivity contribution in [2.45, 2.75) is 6.61 Å². The van der Waals surface area contributed by atoms with Gasteiger partial charge in [0.2, 0.25) is 0 Å². The molecule has 96 valence electrons. The third-order valence-electron chi connectivity index (χ3n) is 2.64. The molecule has 1 heterocycles. The molecular formula is C14H11ClN2OS. The summed E-state index contributed by atoms with van der Waals surface area (Å²) in [4.78, 5) is 4.50. The number of ether oxygens (including phenoxy) is 1. The van der Waals surface area contributed by atoms with Crippen LogP contribution >= 0.6 is 22.9 Å². The van der Waals surface area contributed by atoms with Crippen LogP contribution in [0.3, 0.4) is 0 Å². The molecule has 0 atom stereocenters. The highest BCUT2D eigenvalue weighted by Gasteiger charge is 2.06. The number of hydrogen-bond donors (Lipinski definition) is 1. The minimum Gasteiger partial charge on any atom is -0.485 e. The van der Waals surface area contributed by atoms with Gasteiger partial charge in [-0.2, -0.15) is 0 Å². The van der Waals surface area contributed by atoms with E-state index in [1.54, 1.807) is 29.5 Å². The molecule has 0 bridgehead atoms. The Morgan fingerprint density at radius 3 is 2.89 bits per heavy atom. The van der Waals surface area contributed by atoms with Gasteiger partial charge in [0.1, 0.15) is 17.4 Å². The fourth-order valence-corrected chi connectivity index (χ4v) is 2.80. The summed E-state index contributed by atoms with van der Waals surface area (Å²) >= 11 is 7.66. The van der Waals surface area contributed by atoms with Crippen LogP contribution in [0.1, 0.15) is 5.01 Å². The van der Waals surface area contributed by atoms with Crippen LogP contribution in [0.2, 0.25) is 5.02 Å². The molecule has 3 rings (SSSR count). The average Bonchev–Trinajstić information content (AvgIpc) is 2.82. The van der Waals surface area contributed by atoms with E-state index in [-0.39, 0.29) is 0 Å². The standard InChI is InChI=1S/C14H11ClN2OS/c15-10-6-5-9(16)7-12(10)18-8-14-17-11-3-1-2-4-13(11)19-14/h1-7H,8,16H2. The van der Waals surface area contributed by atoms with Crippen LogP contribution in [-0.2, 0) is 6.61 Å². The zero-order valence-electron chi connectivity index (χ0n) is 9.97. The van der Waals surface area contributed by atoms with Gasteiger partial charge in [-0.25, -0.2) is 4.98 Å². The Labute approximate surface area is 119 Å². The zero-order valence-corrected chi connectivity index (χ0v) is 11.5. The summed E-state index contributed by atoms with van der Waals surface area (Å²) in [5.41, 5.74) is 7.33. The molecule has 2 N–H and O–H groups in total. The topological polar surface area (TPSA) is 48.1 Å². The Morgan fingerprint density at radius 2 is 2.05 bits per heavy atom. The largest absolute Gasteiger partial charge is 0.485 e. The number of para-hydroxylation sites is 1. The molecule has 5 heteroatoms. The second-order valence-electron chi connectivity index (χ2n) is 4.05. The maximum absolute atomic E-state index is 6.04. The van der Waals surface area contributed by atoms with E-state index in [1.165, 1.54) is 0 Å². The van der Waals surface area contributed by atoms with Gasteiger partial charge < -0.3 is 10.5 Å². The van der Waals surface area contributed by atoms with Crippen molar-refractivity contribution in [2.75, 3.05) is 5.73 Å². The van der Waals surface area contributed by atoms with Crippen LogP contribution < -0.4 is 10.5 Å². The number of benzene rings is 2. The van der Waals surface area contributed by atoms with Crippen molar-refractivity contribution < 1.29 is 4.74 Å². The van der Waals surface area contributed by atoms with Crippen LogP contribution in [0.5, 0.6) is 5.75 Å². The van der Waals surface area contributed by atoms with E-state index in [9.17, 15) is 0 Å². The molecular weight excluding hydrogens is 280 g/mol. The van der Waals surface area contributed by atoms with Gasteiger partial charge in [-0.1, -0.05) is 23.7 Å². The zero-order chi connectivity index (χ0) is 13.2. The molecule has 0 saturated heterocycles. The third-order valence-corrected chi connectivity index (χ3v) is 3.97. The normalized spacial score (nSPS) is 10.8. The van der Waals surface area contributed by atoms with E-state index < -0.39 is 0 Å². The van der Waals surface area contributed by atoms with E-state index in [4.69, 9.17) is 22.1 Å². The van der Waals surface area contributed by atoms with Crippen LogP contribution in [0.15, 0.2) is 42.5 Å². The van der Waals surface area contributed by atoms with Gasteiger partial charge in [-0.05, 0) is 24.3 Å². The molecule has 0 saturated carbocycles. The summed E-state index contributed by atoms with van der Waals surface area (Å²) in [6.45, 7) is 0.391. The molecule has 0 unspecified atom stereocenters. The third kappa shape index (κ3) is 2.64. The van der Waals surface area contributed by atoms with Crippen LogP contribution in [0, 0.1) is 0 Å².